The number of alkyl halides is 6. The van der Waals surface area contributed by atoms with E-state index in [1.54, 1.807) is 26.0 Å². The zero-order valence-electron chi connectivity index (χ0n) is 32.5. The first-order chi connectivity index (χ1) is 26.4. The Morgan fingerprint density at radius 2 is 1.16 bits per heavy atom. The SMILES string of the molecule is CCC(CC)(OC(=O)CCC(=O)O)c1ccc(-c2sc(-c3ccc(C(C)(C)C)s3)cc2C2=C(c3csc(-c4ccc(C(C)(C)C)s4)c3)C(F)(F)C(F)(F)C2(F)F)s1. The number of carbonyl (C=O) groups is 2. The third-order valence-electron chi connectivity index (χ3n) is 10.0. The van der Waals surface area contributed by atoms with E-state index in [2.05, 4.69) is 0 Å². The highest BCUT2D eigenvalue weighted by atomic mass is 32.1. The van der Waals surface area contributed by atoms with Gasteiger partial charge in [-0.2, -0.15) is 26.3 Å². The number of hydrogen-bond donors (Lipinski definition) is 1. The maximum Gasteiger partial charge on any atom is 0.380 e. The van der Waals surface area contributed by atoms with Crippen LogP contribution in [0.3, 0.4) is 0 Å². The molecule has 0 aliphatic heterocycles. The third kappa shape index (κ3) is 7.71. The number of hydrogen-bond acceptors (Lipinski definition) is 8. The predicted octanol–water partition coefficient (Wildman–Crippen LogP) is 14.8. The molecule has 5 aromatic heterocycles. The minimum absolute atomic E-state index is 0.0921. The van der Waals surface area contributed by atoms with Crippen molar-refractivity contribution >= 4 is 79.8 Å². The van der Waals surface area contributed by atoms with Crippen molar-refractivity contribution in [1.29, 1.82) is 0 Å². The van der Waals surface area contributed by atoms with Gasteiger partial charge in [-0.15, -0.1) is 56.7 Å². The molecule has 1 N–H and O–H groups in total. The van der Waals surface area contributed by atoms with Crippen LogP contribution in [-0.2, 0) is 30.8 Å². The van der Waals surface area contributed by atoms with E-state index in [-0.39, 0.29) is 35.0 Å². The van der Waals surface area contributed by atoms with Gasteiger partial charge in [0.2, 0.25) is 0 Å². The normalized spacial score (nSPS) is 16.7. The lowest BCUT2D eigenvalue weighted by Crippen LogP contribution is -2.48. The van der Waals surface area contributed by atoms with Gasteiger partial charge in [0.25, 0.3) is 0 Å². The highest BCUT2D eigenvalue weighted by Crippen LogP contribution is 2.67. The molecule has 1 aliphatic carbocycles. The predicted molar refractivity (Wildman–Crippen MR) is 223 cm³/mol. The highest BCUT2D eigenvalue weighted by Gasteiger charge is 2.80. The van der Waals surface area contributed by atoms with Crippen molar-refractivity contribution in [3.63, 3.8) is 0 Å². The summed E-state index contributed by atoms with van der Waals surface area (Å²) in [5, 5.41) is 10.3. The molecule has 5 aromatic rings. The van der Waals surface area contributed by atoms with Gasteiger partial charge in [-0.05, 0) is 83.1 Å². The molecule has 15 heteroatoms. The summed E-state index contributed by atoms with van der Waals surface area (Å²) < 4.78 is 103. The number of halogens is 6. The number of ether oxygens (including phenoxy) is 1. The minimum atomic E-state index is -5.75. The zero-order valence-corrected chi connectivity index (χ0v) is 36.6. The molecule has 6 rings (SSSR count). The topological polar surface area (TPSA) is 63.6 Å². The Balaban J connectivity index is 1.57. The van der Waals surface area contributed by atoms with Crippen molar-refractivity contribution in [1.82, 2.24) is 0 Å². The molecule has 0 fully saturated rings. The molecule has 0 bridgehead atoms. The van der Waals surface area contributed by atoms with Crippen LogP contribution in [0.25, 0.3) is 40.4 Å². The van der Waals surface area contributed by atoms with E-state index in [4.69, 9.17) is 9.84 Å². The second kappa shape index (κ2) is 15.1. The van der Waals surface area contributed by atoms with Crippen LogP contribution in [0, 0.1) is 0 Å². The molecule has 57 heavy (non-hydrogen) atoms. The number of carboxylic acid groups (broad SMARTS) is 1. The number of esters is 1. The zero-order chi connectivity index (χ0) is 42.1. The number of rotatable bonds is 12. The van der Waals surface area contributed by atoms with Gasteiger partial charge in [-0.3, -0.25) is 9.59 Å². The number of allylic oxidation sites excluding steroid dienone is 2. The largest absolute Gasteiger partial charge is 0.481 e. The lowest BCUT2D eigenvalue weighted by Gasteiger charge is -2.30. The number of carboxylic acids is 1. The van der Waals surface area contributed by atoms with E-state index in [9.17, 15) is 9.59 Å². The molecule has 0 spiro atoms. The summed E-state index contributed by atoms with van der Waals surface area (Å²) >= 11 is 5.97. The Morgan fingerprint density at radius 3 is 1.68 bits per heavy atom. The maximum atomic E-state index is 16.4. The fourth-order valence-corrected chi connectivity index (χ4v) is 12.4. The summed E-state index contributed by atoms with van der Waals surface area (Å²) in [6, 6.07) is 13.3. The molecular formula is C42H42F6O4S5. The molecule has 306 valence electrons. The van der Waals surface area contributed by atoms with Crippen molar-refractivity contribution in [2.45, 2.75) is 115 Å². The molecule has 0 atom stereocenters. The van der Waals surface area contributed by atoms with Gasteiger partial charge in [0, 0.05) is 55.7 Å². The van der Waals surface area contributed by atoms with Gasteiger partial charge in [0.15, 0.2) is 0 Å². The van der Waals surface area contributed by atoms with E-state index in [0.29, 0.717) is 29.3 Å². The Labute approximate surface area is 347 Å². The molecular weight excluding hydrogens is 843 g/mol. The van der Waals surface area contributed by atoms with Gasteiger partial charge in [0.05, 0.1) is 17.7 Å². The molecule has 0 unspecified atom stereocenters. The summed E-state index contributed by atoms with van der Waals surface area (Å²) in [5.74, 6) is -18.2. The fourth-order valence-electron chi connectivity index (χ4n) is 6.65. The van der Waals surface area contributed by atoms with Crippen molar-refractivity contribution in [2.24, 2.45) is 0 Å². The third-order valence-corrected chi connectivity index (χ3v) is 16.9. The summed E-state index contributed by atoms with van der Waals surface area (Å²) in [4.78, 5) is 29.1. The molecule has 5 heterocycles. The smallest absolute Gasteiger partial charge is 0.380 e. The van der Waals surface area contributed by atoms with Crippen LogP contribution >= 0.6 is 56.7 Å². The number of thiophene rings is 5. The minimum Gasteiger partial charge on any atom is -0.481 e. The maximum absolute atomic E-state index is 16.4. The fraction of sp³-hybridized carbons (Fsp3) is 0.429. The van der Waals surface area contributed by atoms with Crippen LogP contribution in [-0.4, -0.2) is 34.8 Å². The Bertz CT molecular complexity index is 2340. The van der Waals surface area contributed by atoms with E-state index < -0.39 is 64.0 Å². The van der Waals surface area contributed by atoms with E-state index >= 15 is 26.3 Å². The van der Waals surface area contributed by atoms with Gasteiger partial charge in [-0.1, -0.05) is 55.4 Å². The summed E-state index contributed by atoms with van der Waals surface area (Å²) in [5.41, 5.74) is -5.35. The molecule has 0 saturated heterocycles. The second-order valence-corrected chi connectivity index (χ2v) is 21.3. The van der Waals surface area contributed by atoms with Crippen LogP contribution in [0.1, 0.15) is 107 Å². The Kier molecular flexibility index (Phi) is 11.5. The first-order valence-electron chi connectivity index (χ1n) is 18.3. The first kappa shape index (κ1) is 43.3. The van der Waals surface area contributed by atoms with Crippen LogP contribution in [0.4, 0.5) is 26.3 Å². The standard InChI is InChI=1S/C42H42F6O4S5/c1-9-39(10-2,52-33(51)18-17-32(49)50)31-16-13-26(56-31)36-23(20-28(57-36)25-12-15-30(55-25)38(6,7)8)35-34(40(43,44)42(47,48)41(35,45)46)22-19-27(53-21-22)24-11-14-29(54-24)37(3,4)5/h11-16,19-21H,9-10,17-18H2,1-8H3,(H,49,50). The van der Waals surface area contributed by atoms with Gasteiger partial charge < -0.3 is 9.84 Å². The summed E-state index contributed by atoms with van der Waals surface area (Å²) in [6.45, 7) is 15.7. The van der Waals surface area contributed by atoms with Crippen molar-refractivity contribution in [3.05, 3.63) is 79.7 Å². The lowest BCUT2D eigenvalue weighted by molar-refractivity contribution is -0.254. The molecule has 0 aromatic carbocycles. The van der Waals surface area contributed by atoms with E-state index in [1.165, 1.54) is 40.2 Å². The molecule has 4 nitrogen and oxygen atoms in total. The van der Waals surface area contributed by atoms with Gasteiger partial charge >= 0.3 is 29.7 Å². The van der Waals surface area contributed by atoms with E-state index in [1.807, 2.05) is 65.8 Å². The van der Waals surface area contributed by atoms with Crippen molar-refractivity contribution < 1.29 is 45.8 Å². The Morgan fingerprint density at radius 1 is 0.649 bits per heavy atom. The lowest BCUT2D eigenvalue weighted by atomic mass is 9.94. The Hall–Kier alpha value is -3.24. The average molecular weight is 885 g/mol. The highest BCUT2D eigenvalue weighted by molar-refractivity contribution is 7.27. The first-order valence-corrected chi connectivity index (χ1v) is 22.4. The number of aliphatic carboxylic acids is 1. The van der Waals surface area contributed by atoms with Crippen molar-refractivity contribution in [2.75, 3.05) is 0 Å². The molecule has 0 radical (unpaired) electrons. The van der Waals surface area contributed by atoms with Crippen LogP contribution in [0.15, 0.2) is 53.9 Å². The van der Waals surface area contributed by atoms with Crippen molar-refractivity contribution in [3.8, 4) is 29.3 Å². The van der Waals surface area contributed by atoms with Crippen LogP contribution in [0.5, 0.6) is 0 Å². The van der Waals surface area contributed by atoms with Gasteiger partial charge in [-0.25, -0.2) is 0 Å². The molecule has 0 saturated carbocycles. The number of carbonyl (C=O) groups excluding carboxylic acids is 1. The van der Waals surface area contributed by atoms with E-state index in [0.717, 1.165) is 43.8 Å². The molecule has 1 aliphatic rings. The second-order valence-electron chi connectivity index (χ2n) is 16.1. The van der Waals surface area contributed by atoms with Crippen LogP contribution < -0.4 is 0 Å². The van der Waals surface area contributed by atoms with Gasteiger partial charge in [0.1, 0.15) is 5.60 Å². The summed E-state index contributed by atoms with van der Waals surface area (Å²) in [6.07, 6.45) is -0.238. The van der Waals surface area contributed by atoms with Crippen LogP contribution in [0.2, 0.25) is 0 Å². The quantitative estimate of drug-likeness (QED) is 0.100. The summed E-state index contributed by atoms with van der Waals surface area (Å²) in [7, 11) is 0. The average Bonchev–Trinajstić information content (AvgIpc) is 3.96. The monoisotopic (exact) mass is 884 g/mol. The molecule has 0 amide bonds.